The largest absolute Gasteiger partial charge is 0.454 e. The van der Waals surface area contributed by atoms with Crippen LogP contribution < -0.4 is 0 Å². The SMILES string of the molecule is C=C(C)C(=O)OC(C)c1ccccc1SC. The number of thioether (sulfide) groups is 1. The van der Waals surface area contributed by atoms with Crippen LogP contribution in [-0.4, -0.2) is 12.2 Å². The second-order valence-electron chi connectivity index (χ2n) is 3.57. The second-order valence-corrected chi connectivity index (χ2v) is 4.42. The standard InChI is InChI=1S/C13H16O2S/c1-9(2)13(14)15-10(3)11-7-5-6-8-12(11)16-4/h5-8,10H,1H2,2-4H3. The normalized spacial score (nSPS) is 11.9. The Labute approximate surface area is 101 Å². The van der Waals surface area contributed by atoms with Gasteiger partial charge in [-0.25, -0.2) is 4.79 Å². The molecule has 16 heavy (non-hydrogen) atoms. The molecule has 0 saturated carbocycles. The Morgan fingerprint density at radius 3 is 2.62 bits per heavy atom. The minimum atomic E-state index is -0.344. The Morgan fingerprint density at radius 2 is 2.06 bits per heavy atom. The zero-order chi connectivity index (χ0) is 12.1. The van der Waals surface area contributed by atoms with E-state index in [9.17, 15) is 4.79 Å². The van der Waals surface area contributed by atoms with Crippen molar-refractivity contribution in [2.24, 2.45) is 0 Å². The lowest BCUT2D eigenvalue weighted by atomic mass is 10.1. The first-order valence-corrected chi connectivity index (χ1v) is 6.28. The summed E-state index contributed by atoms with van der Waals surface area (Å²) in [5.74, 6) is -0.344. The van der Waals surface area contributed by atoms with Gasteiger partial charge < -0.3 is 4.74 Å². The third kappa shape index (κ3) is 3.14. The lowest BCUT2D eigenvalue weighted by molar-refractivity contribution is -0.143. The molecule has 1 aromatic rings. The number of hydrogen-bond acceptors (Lipinski definition) is 3. The molecular formula is C13H16O2S. The first kappa shape index (κ1) is 12.8. The Bertz CT molecular complexity index is 399. The minimum Gasteiger partial charge on any atom is -0.454 e. The molecule has 0 bridgehead atoms. The van der Waals surface area contributed by atoms with Crippen molar-refractivity contribution in [3.63, 3.8) is 0 Å². The smallest absolute Gasteiger partial charge is 0.333 e. The van der Waals surface area contributed by atoms with Crippen molar-refractivity contribution in [1.82, 2.24) is 0 Å². The summed E-state index contributed by atoms with van der Waals surface area (Å²) in [6.07, 6.45) is 1.76. The Hall–Kier alpha value is -1.22. The van der Waals surface area contributed by atoms with E-state index in [1.54, 1.807) is 18.7 Å². The molecule has 1 aromatic carbocycles. The summed E-state index contributed by atoms with van der Waals surface area (Å²) in [5.41, 5.74) is 1.46. The highest BCUT2D eigenvalue weighted by Gasteiger charge is 2.14. The fraction of sp³-hybridized carbons (Fsp3) is 0.308. The van der Waals surface area contributed by atoms with Gasteiger partial charge in [0.05, 0.1) is 0 Å². The van der Waals surface area contributed by atoms with Gasteiger partial charge in [0.2, 0.25) is 0 Å². The summed E-state index contributed by atoms with van der Waals surface area (Å²) in [7, 11) is 0. The molecule has 3 heteroatoms. The van der Waals surface area contributed by atoms with Gasteiger partial charge in [0.15, 0.2) is 0 Å². The summed E-state index contributed by atoms with van der Waals surface area (Å²) >= 11 is 1.65. The lowest BCUT2D eigenvalue weighted by Gasteiger charge is -2.16. The molecule has 0 N–H and O–H groups in total. The molecule has 1 rings (SSSR count). The minimum absolute atomic E-state index is 0.243. The molecule has 0 radical (unpaired) electrons. The van der Waals surface area contributed by atoms with Crippen LogP contribution in [-0.2, 0) is 9.53 Å². The zero-order valence-electron chi connectivity index (χ0n) is 9.82. The molecule has 0 amide bonds. The number of ether oxygens (including phenoxy) is 1. The third-order valence-corrected chi connectivity index (χ3v) is 3.02. The maximum Gasteiger partial charge on any atom is 0.333 e. The van der Waals surface area contributed by atoms with Crippen LogP contribution in [0.3, 0.4) is 0 Å². The summed E-state index contributed by atoms with van der Waals surface area (Å²) in [6, 6.07) is 7.91. The number of rotatable bonds is 4. The summed E-state index contributed by atoms with van der Waals surface area (Å²) in [5, 5.41) is 0. The summed E-state index contributed by atoms with van der Waals surface area (Å²) in [4.78, 5) is 12.5. The monoisotopic (exact) mass is 236 g/mol. The van der Waals surface area contributed by atoms with E-state index in [2.05, 4.69) is 6.58 Å². The van der Waals surface area contributed by atoms with E-state index in [1.807, 2.05) is 37.4 Å². The number of benzene rings is 1. The molecule has 0 saturated heterocycles. The van der Waals surface area contributed by atoms with Gasteiger partial charge in [0, 0.05) is 16.0 Å². The van der Waals surface area contributed by atoms with Gasteiger partial charge in [-0.15, -0.1) is 11.8 Å². The van der Waals surface area contributed by atoms with E-state index in [0.29, 0.717) is 5.57 Å². The molecule has 0 aromatic heterocycles. The molecule has 86 valence electrons. The Kier molecular flexibility index (Phi) is 4.62. The molecule has 0 aliphatic heterocycles. The van der Waals surface area contributed by atoms with E-state index < -0.39 is 0 Å². The topological polar surface area (TPSA) is 26.3 Å². The van der Waals surface area contributed by atoms with Crippen LogP contribution in [0.1, 0.15) is 25.5 Å². The van der Waals surface area contributed by atoms with Crippen molar-refractivity contribution in [2.45, 2.75) is 24.8 Å². The Balaban J connectivity index is 2.84. The van der Waals surface area contributed by atoms with Crippen molar-refractivity contribution >= 4 is 17.7 Å². The van der Waals surface area contributed by atoms with E-state index in [-0.39, 0.29) is 12.1 Å². The van der Waals surface area contributed by atoms with Gasteiger partial charge in [0.1, 0.15) is 6.10 Å². The van der Waals surface area contributed by atoms with Gasteiger partial charge in [-0.2, -0.15) is 0 Å². The van der Waals surface area contributed by atoms with Gasteiger partial charge >= 0.3 is 5.97 Å². The molecule has 0 heterocycles. The van der Waals surface area contributed by atoms with Crippen LogP contribution in [0.4, 0.5) is 0 Å². The summed E-state index contributed by atoms with van der Waals surface area (Å²) in [6.45, 7) is 7.08. The number of hydrogen-bond donors (Lipinski definition) is 0. The summed E-state index contributed by atoms with van der Waals surface area (Å²) < 4.78 is 5.29. The third-order valence-electron chi connectivity index (χ3n) is 2.21. The van der Waals surface area contributed by atoms with Crippen molar-refractivity contribution in [1.29, 1.82) is 0 Å². The van der Waals surface area contributed by atoms with Crippen LogP contribution in [0.2, 0.25) is 0 Å². The predicted molar refractivity (Wildman–Crippen MR) is 67.5 cm³/mol. The highest BCUT2D eigenvalue weighted by Crippen LogP contribution is 2.27. The molecule has 1 unspecified atom stereocenters. The number of carbonyl (C=O) groups excluding carboxylic acids is 1. The van der Waals surface area contributed by atoms with Crippen molar-refractivity contribution in [3.8, 4) is 0 Å². The average molecular weight is 236 g/mol. The molecule has 2 nitrogen and oxygen atoms in total. The van der Waals surface area contributed by atoms with Crippen LogP contribution in [0.25, 0.3) is 0 Å². The van der Waals surface area contributed by atoms with Crippen molar-refractivity contribution in [3.05, 3.63) is 42.0 Å². The van der Waals surface area contributed by atoms with E-state index in [0.717, 1.165) is 10.5 Å². The number of carbonyl (C=O) groups is 1. The molecule has 0 aliphatic rings. The van der Waals surface area contributed by atoms with Crippen LogP contribution in [0.5, 0.6) is 0 Å². The first-order chi connectivity index (χ1) is 7.56. The maximum absolute atomic E-state index is 11.4. The maximum atomic E-state index is 11.4. The fourth-order valence-electron chi connectivity index (χ4n) is 1.33. The Morgan fingerprint density at radius 1 is 1.44 bits per heavy atom. The van der Waals surface area contributed by atoms with E-state index >= 15 is 0 Å². The first-order valence-electron chi connectivity index (χ1n) is 5.05. The molecular weight excluding hydrogens is 220 g/mol. The quantitative estimate of drug-likeness (QED) is 0.454. The van der Waals surface area contributed by atoms with Crippen LogP contribution >= 0.6 is 11.8 Å². The zero-order valence-corrected chi connectivity index (χ0v) is 10.6. The predicted octanol–water partition coefficient (Wildman–Crippen LogP) is 3.59. The average Bonchev–Trinajstić information content (AvgIpc) is 2.28. The lowest BCUT2D eigenvalue weighted by Crippen LogP contribution is -2.09. The van der Waals surface area contributed by atoms with E-state index in [4.69, 9.17) is 4.74 Å². The van der Waals surface area contributed by atoms with E-state index in [1.165, 1.54) is 0 Å². The van der Waals surface area contributed by atoms with Gasteiger partial charge in [-0.1, -0.05) is 24.8 Å². The molecule has 0 fully saturated rings. The van der Waals surface area contributed by atoms with Crippen LogP contribution in [0.15, 0.2) is 41.3 Å². The fourth-order valence-corrected chi connectivity index (χ4v) is 2.01. The highest BCUT2D eigenvalue weighted by molar-refractivity contribution is 7.98. The molecule has 0 aliphatic carbocycles. The van der Waals surface area contributed by atoms with Gasteiger partial charge in [-0.05, 0) is 26.2 Å². The van der Waals surface area contributed by atoms with Crippen molar-refractivity contribution in [2.75, 3.05) is 6.26 Å². The molecule has 1 atom stereocenters. The number of esters is 1. The molecule has 0 spiro atoms. The van der Waals surface area contributed by atoms with Crippen molar-refractivity contribution < 1.29 is 9.53 Å². The highest BCUT2D eigenvalue weighted by atomic mass is 32.2. The second kappa shape index (κ2) is 5.75. The van der Waals surface area contributed by atoms with Gasteiger partial charge in [-0.3, -0.25) is 0 Å². The van der Waals surface area contributed by atoms with Crippen LogP contribution in [0, 0.1) is 0 Å². The van der Waals surface area contributed by atoms with Gasteiger partial charge in [0.25, 0.3) is 0 Å².